The molecule has 4 heteroatoms. The molecule has 0 saturated carbocycles. The van der Waals surface area contributed by atoms with Crippen molar-refractivity contribution in [2.45, 2.75) is 5.41 Å². The predicted molar refractivity (Wildman–Crippen MR) is 133 cm³/mol. The fraction of sp³-hybridized carbons (Fsp3) is 0.107. The van der Waals surface area contributed by atoms with Gasteiger partial charge in [0.2, 0.25) is 0 Å². The third-order valence-electron chi connectivity index (χ3n) is 6.24. The number of methoxy groups -OCH3 is 1. The minimum atomic E-state index is -1.12. The van der Waals surface area contributed by atoms with E-state index in [0.717, 1.165) is 42.8 Å². The van der Waals surface area contributed by atoms with E-state index >= 15 is 0 Å². The second kappa shape index (κ2) is 7.95. The van der Waals surface area contributed by atoms with E-state index in [9.17, 15) is 4.79 Å². The van der Waals surface area contributed by atoms with E-state index in [0.29, 0.717) is 0 Å². The first kappa shape index (κ1) is 20.5. The van der Waals surface area contributed by atoms with E-state index < -0.39 is 5.41 Å². The molecule has 0 N–H and O–H groups in total. The van der Waals surface area contributed by atoms with Gasteiger partial charge in [0.05, 0.1) is 7.11 Å². The third-order valence-corrected chi connectivity index (χ3v) is 6.73. The van der Waals surface area contributed by atoms with Gasteiger partial charge in [-0.3, -0.25) is 4.79 Å². The number of fused-ring (bicyclic) bond motifs is 2. The number of carbonyl (C=O) groups is 1. The molecule has 0 bridgehead atoms. The lowest BCUT2D eigenvalue weighted by atomic mass is 9.69. The van der Waals surface area contributed by atoms with E-state index in [-0.39, 0.29) is 5.97 Å². The second-order valence-corrected chi connectivity index (χ2v) is 8.90. The molecule has 5 rings (SSSR count). The van der Waals surface area contributed by atoms with Crippen molar-refractivity contribution in [2.24, 2.45) is 7.05 Å². The molecule has 0 spiro atoms. The summed E-state index contributed by atoms with van der Waals surface area (Å²) in [6.07, 6.45) is 2.05. The zero-order valence-corrected chi connectivity index (χ0v) is 19.5. The number of hydrogen-bond donors (Lipinski definition) is 0. The monoisotopic (exact) mass is 483 g/mol. The van der Waals surface area contributed by atoms with Gasteiger partial charge in [0.1, 0.15) is 5.41 Å². The number of aryl methyl sites for hydroxylation is 1. The summed E-state index contributed by atoms with van der Waals surface area (Å²) in [5, 5.41) is 3.22. The maximum Gasteiger partial charge on any atom is 0.325 e. The molecule has 0 amide bonds. The number of esters is 1. The molecule has 1 atom stereocenters. The van der Waals surface area contributed by atoms with E-state index in [4.69, 9.17) is 4.74 Å². The van der Waals surface area contributed by atoms with Gasteiger partial charge in [0, 0.05) is 34.2 Å². The highest BCUT2D eigenvalue weighted by atomic mass is 79.9. The zero-order chi connectivity index (χ0) is 22.3. The Morgan fingerprint density at radius 1 is 0.844 bits per heavy atom. The van der Waals surface area contributed by atoms with Gasteiger partial charge in [-0.15, -0.1) is 0 Å². The van der Waals surface area contributed by atoms with Crippen LogP contribution in [0.15, 0.2) is 102 Å². The Bertz CT molecular complexity index is 1450. The molecule has 5 aromatic rings. The van der Waals surface area contributed by atoms with Gasteiger partial charge in [-0.1, -0.05) is 88.7 Å². The summed E-state index contributed by atoms with van der Waals surface area (Å²) in [6, 6.07) is 30.5. The summed E-state index contributed by atoms with van der Waals surface area (Å²) in [5.74, 6) is -0.311. The molecule has 32 heavy (non-hydrogen) atoms. The number of hydrogen-bond acceptors (Lipinski definition) is 2. The molecule has 158 valence electrons. The Balaban J connectivity index is 1.94. The second-order valence-electron chi connectivity index (χ2n) is 7.98. The summed E-state index contributed by atoms with van der Waals surface area (Å²) in [6.45, 7) is 0. The van der Waals surface area contributed by atoms with Gasteiger partial charge >= 0.3 is 5.97 Å². The third kappa shape index (κ3) is 3.06. The number of aromatic nitrogens is 1. The van der Waals surface area contributed by atoms with Crippen LogP contribution in [0.3, 0.4) is 0 Å². The molecular formula is C28H22BrNO2. The van der Waals surface area contributed by atoms with Crippen LogP contribution in [-0.2, 0) is 22.0 Å². The van der Waals surface area contributed by atoms with Gasteiger partial charge in [-0.25, -0.2) is 0 Å². The highest BCUT2D eigenvalue weighted by Gasteiger charge is 2.47. The summed E-state index contributed by atoms with van der Waals surface area (Å²) in [7, 11) is 3.47. The van der Waals surface area contributed by atoms with Crippen LogP contribution in [0, 0.1) is 0 Å². The van der Waals surface area contributed by atoms with Gasteiger partial charge in [-0.05, 0) is 40.1 Å². The van der Waals surface area contributed by atoms with Gasteiger partial charge in [0.25, 0.3) is 0 Å². The number of carbonyl (C=O) groups excluding carboxylic acids is 1. The van der Waals surface area contributed by atoms with Crippen molar-refractivity contribution in [1.82, 2.24) is 4.57 Å². The first-order valence-corrected chi connectivity index (χ1v) is 11.2. The Kier molecular flexibility index (Phi) is 5.10. The van der Waals surface area contributed by atoms with Crippen molar-refractivity contribution in [3.05, 3.63) is 118 Å². The molecule has 0 radical (unpaired) electrons. The number of rotatable bonds is 4. The Morgan fingerprint density at radius 2 is 1.56 bits per heavy atom. The molecule has 1 unspecified atom stereocenters. The fourth-order valence-corrected chi connectivity index (χ4v) is 5.09. The van der Waals surface area contributed by atoms with E-state index in [1.165, 1.54) is 7.11 Å². The van der Waals surface area contributed by atoms with Crippen LogP contribution in [0.1, 0.15) is 16.7 Å². The first-order chi connectivity index (χ1) is 15.6. The molecular weight excluding hydrogens is 462 g/mol. The van der Waals surface area contributed by atoms with Crippen molar-refractivity contribution in [3.8, 4) is 0 Å². The van der Waals surface area contributed by atoms with Crippen LogP contribution >= 0.6 is 15.9 Å². The normalized spacial score (nSPS) is 13.2. The van der Waals surface area contributed by atoms with Crippen molar-refractivity contribution >= 4 is 43.6 Å². The van der Waals surface area contributed by atoms with E-state index in [1.54, 1.807) is 0 Å². The van der Waals surface area contributed by atoms with Crippen molar-refractivity contribution < 1.29 is 9.53 Å². The molecule has 0 fully saturated rings. The highest BCUT2D eigenvalue weighted by molar-refractivity contribution is 9.10. The smallest absolute Gasteiger partial charge is 0.325 e. The minimum Gasteiger partial charge on any atom is -0.468 e. The number of benzene rings is 4. The van der Waals surface area contributed by atoms with Crippen LogP contribution in [-0.4, -0.2) is 17.6 Å². The molecule has 0 aliphatic heterocycles. The molecule has 4 aromatic carbocycles. The van der Waals surface area contributed by atoms with Crippen LogP contribution in [0.4, 0.5) is 0 Å². The summed E-state index contributed by atoms with van der Waals surface area (Å²) in [4.78, 5) is 13.9. The van der Waals surface area contributed by atoms with E-state index in [2.05, 4.69) is 63.1 Å². The summed E-state index contributed by atoms with van der Waals surface area (Å²) < 4.78 is 8.57. The fourth-order valence-electron chi connectivity index (χ4n) is 4.74. The Labute approximate surface area is 195 Å². The molecule has 0 saturated heterocycles. The largest absolute Gasteiger partial charge is 0.468 e. The maximum atomic E-state index is 13.9. The zero-order valence-electron chi connectivity index (χ0n) is 17.9. The lowest BCUT2D eigenvalue weighted by molar-refractivity contribution is -0.144. The highest BCUT2D eigenvalue weighted by Crippen LogP contribution is 2.45. The van der Waals surface area contributed by atoms with Crippen molar-refractivity contribution in [3.63, 3.8) is 0 Å². The molecule has 0 aliphatic rings. The molecule has 3 nitrogen and oxygen atoms in total. The quantitative estimate of drug-likeness (QED) is 0.269. The number of ether oxygens (including phenoxy) is 1. The summed E-state index contributed by atoms with van der Waals surface area (Å²) in [5.41, 5.74) is 2.57. The average molecular weight is 484 g/mol. The van der Waals surface area contributed by atoms with E-state index in [1.807, 2.05) is 61.6 Å². The van der Waals surface area contributed by atoms with Crippen LogP contribution in [0.2, 0.25) is 0 Å². The Hall–Kier alpha value is -3.37. The molecule has 1 heterocycles. The lowest BCUT2D eigenvalue weighted by Gasteiger charge is -2.32. The van der Waals surface area contributed by atoms with Crippen molar-refractivity contribution in [2.75, 3.05) is 7.11 Å². The average Bonchev–Trinajstić information content (AvgIpc) is 3.15. The lowest BCUT2D eigenvalue weighted by Crippen LogP contribution is -2.39. The molecule has 0 aliphatic carbocycles. The predicted octanol–water partition coefficient (Wildman–Crippen LogP) is 6.60. The Morgan fingerprint density at radius 3 is 2.31 bits per heavy atom. The van der Waals surface area contributed by atoms with Gasteiger partial charge in [0.15, 0.2) is 0 Å². The topological polar surface area (TPSA) is 31.2 Å². The molecule has 1 aromatic heterocycles. The van der Waals surface area contributed by atoms with Gasteiger partial charge in [-0.2, -0.15) is 0 Å². The van der Waals surface area contributed by atoms with Crippen LogP contribution in [0.25, 0.3) is 21.7 Å². The SMILES string of the molecule is COC(=O)C(c1ccccc1)(c1ccc2ccccc2c1)c1cn(C)c2cc(Br)ccc12. The van der Waals surface area contributed by atoms with Crippen LogP contribution < -0.4 is 0 Å². The van der Waals surface area contributed by atoms with Crippen LogP contribution in [0.5, 0.6) is 0 Å². The maximum absolute atomic E-state index is 13.9. The van der Waals surface area contributed by atoms with Gasteiger partial charge < -0.3 is 9.30 Å². The standard InChI is InChI=1S/C28H22BrNO2/c1-30-18-25(24-15-14-23(29)17-26(24)30)28(27(31)32-2,21-10-4-3-5-11-21)22-13-12-19-8-6-7-9-20(19)16-22/h3-18H,1-2H3. The minimum absolute atomic E-state index is 0.311. The number of halogens is 1. The van der Waals surface area contributed by atoms with Crippen molar-refractivity contribution in [1.29, 1.82) is 0 Å². The number of nitrogens with zero attached hydrogens (tertiary/aromatic N) is 1. The summed E-state index contributed by atoms with van der Waals surface area (Å²) >= 11 is 3.58. The first-order valence-electron chi connectivity index (χ1n) is 10.4.